The van der Waals surface area contributed by atoms with E-state index in [1.54, 1.807) is 0 Å². The summed E-state index contributed by atoms with van der Waals surface area (Å²) in [6, 6.07) is 12.4. The Morgan fingerprint density at radius 3 is 1.40 bits per heavy atom. The highest BCUT2D eigenvalue weighted by Gasteiger charge is 2.31. The molecule has 52 heavy (non-hydrogen) atoms. The van der Waals surface area contributed by atoms with Crippen LogP contribution < -0.4 is 9.47 Å². The summed E-state index contributed by atoms with van der Waals surface area (Å²) in [6.45, 7) is 16.6. The molecule has 4 aromatic carbocycles. The van der Waals surface area contributed by atoms with E-state index in [1.165, 1.54) is 11.1 Å². The van der Waals surface area contributed by atoms with Crippen LogP contribution in [0.1, 0.15) is 89.5 Å². The Labute approximate surface area is 305 Å². The largest absolute Gasteiger partial charge is 0.507 e. The maximum Gasteiger partial charge on any atom is 0.129 e. The number of benzene rings is 4. The lowest BCUT2D eigenvalue weighted by Crippen LogP contribution is -2.31. The van der Waals surface area contributed by atoms with Gasteiger partial charge in [0, 0.05) is 32.7 Å². The van der Waals surface area contributed by atoms with Gasteiger partial charge < -0.3 is 29.7 Å². The van der Waals surface area contributed by atoms with Crippen LogP contribution in [0.4, 0.5) is 0 Å². The van der Waals surface area contributed by atoms with E-state index in [2.05, 4.69) is 112 Å². The quantitative estimate of drug-likeness (QED) is 0.125. The van der Waals surface area contributed by atoms with Gasteiger partial charge in [0.1, 0.15) is 34.2 Å². The first kappa shape index (κ1) is 33.8. The number of allylic oxidation sites excluding steroid dienone is 4. The highest BCUT2D eigenvalue weighted by molar-refractivity contribution is 6.21. The molecule has 0 bridgehead atoms. The summed E-state index contributed by atoms with van der Waals surface area (Å²) in [6.07, 6.45) is 16.8. The fourth-order valence-electron chi connectivity index (χ4n) is 8.12. The van der Waals surface area contributed by atoms with Gasteiger partial charge in [-0.05, 0) is 153 Å². The molecule has 6 nitrogen and oxygen atoms in total. The molecular formula is C46H48N2O4. The fraction of sp³-hybridized carbons (Fsp3) is 0.304. The molecule has 0 spiro atoms. The fourth-order valence-corrected chi connectivity index (χ4v) is 8.12. The van der Waals surface area contributed by atoms with Crippen molar-refractivity contribution in [3.63, 3.8) is 0 Å². The van der Waals surface area contributed by atoms with E-state index >= 15 is 0 Å². The molecular weight excluding hydrogens is 645 g/mol. The maximum absolute atomic E-state index is 11.9. The summed E-state index contributed by atoms with van der Waals surface area (Å²) in [5, 5.41) is 27.8. The van der Waals surface area contributed by atoms with Crippen LogP contribution in [0.15, 0.2) is 71.8 Å². The average molecular weight is 693 g/mol. The highest BCUT2D eigenvalue weighted by Crippen LogP contribution is 2.51. The van der Waals surface area contributed by atoms with Crippen molar-refractivity contribution >= 4 is 55.8 Å². The molecule has 2 aliphatic rings. The monoisotopic (exact) mass is 692 g/mol. The number of ether oxygens (including phenoxy) is 2. The van der Waals surface area contributed by atoms with Gasteiger partial charge in [0.15, 0.2) is 0 Å². The van der Waals surface area contributed by atoms with Crippen molar-refractivity contribution in [1.82, 2.24) is 9.97 Å². The molecule has 4 heterocycles. The molecule has 4 N–H and O–H groups in total. The van der Waals surface area contributed by atoms with Gasteiger partial charge in [-0.15, -0.1) is 0 Å². The molecule has 266 valence electrons. The zero-order valence-corrected chi connectivity index (χ0v) is 31.5. The summed E-state index contributed by atoms with van der Waals surface area (Å²) < 4.78 is 13.3. The highest BCUT2D eigenvalue weighted by atomic mass is 16.5. The van der Waals surface area contributed by atoms with Crippen LogP contribution in [0.5, 0.6) is 23.0 Å². The number of hydrogen-bond acceptors (Lipinski definition) is 4. The Hall–Kier alpha value is -5.36. The lowest BCUT2D eigenvalue weighted by molar-refractivity contribution is 0.128. The van der Waals surface area contributed by atoms with Crippen molar-refractivity contribution < 1.29 is 19.7 Å². The first-order valence-electron chi connectivity index (χ1n) is 18.4. The van der Waals surface area contributed by atoms with Crippen molar-refractivity contribution in [2.24, 2.45) is 0 Å². The van der Waals surface area contributed by atoms with Crippen LogP contribution >= 0.6 is 0 Å². The Bertz CT molecular complexity index is 2410. The van der Waals surface area contributed by atoms with Gasteiger partial charge in [-0.2, -0.15) is 0 Å². The molecule has 0 radical (unpaired) electrons. The number of fused-ring (bicyclic) bond motifs is 10. The minimum Gasteiger partial charge on any atom is -0.507 e. The molecule has 0 saturated heterocycles. The van der Waals surface area contributed by atoms with Crippen LogP contribution in [0.3, 0.4) is 0 Å². The lowest BCUT2D eigenvalue weighted by Gasteiger charge is -2.31. The SMILES string of the molecule is CC(C)=CCCC1(C)C=Cc2c(ccc3c2[nH]c2c(-c4c(O)c(C)cc5c4[nH]c4c6c(ccc45)OC(C)(CCC=C(C)C)C=C6)c(O)c(C)cc23)O1. The summed E-state index contributed by atoms with van der Waals surface area (Å²) in [5.41, 5.74) is 9.74. The Morgan fingerprint density at radius 2 is 1.02 bits per heavy atom. The normalized spacial score (nSPS) is 19.2. The van der Waals surface area contributed by atoms with Crippen LogP contribution in [-0.2, 0) is 0 Å². The molecule has 0 saturated carbocycles. The lowest BCUT2D eigenvalue weighted by atomic mass is 9.92. The van der Waals surface area contributed by atoms with Crippen LogP contribution in [0.2, 0.25) is 0 Å². The molecule has 6 heteroatoms. The van der Waals surface area contributed by atoms with E-state index in [9.17, 15) is 10.2 Å². The van der Waals surface area contributed by atoms with Gasteiger partial charge in [-0.25, -0.2) is 0 Å². The third-order valence-corrected chi connectivity index (χ3v) is 11.0. The Morgan fingerprint density at radius 1 is 0.615 bits per heavy atom. The van der Waals surface area contributed by atoms with E-state index in [0.29, 0.717) is 11.1 Å². The second-order valence-corrected chi connectivity index (χ2v) is 15.9. The third kappa shape index (κ3) is 5.47. The number of rotatable bonds is 7. The van der Waals surface area contributed by atoms with Crippen molar-refractivity contribution in [3.8, 4) is 34.1 Å². The number of aromatic amines is 2. The minimum atomic E-state index is -0.406. The second-order valence-electron chi connectivity index (χ2n) is 15.9. The summed E-state index contributed by atoms with van der Waals surface area (Å²) >= 11 is 0. The van der Waals surface area contributed by atoms with Gasteiger partial charge in [0.25, 0.3) is 0 Å². The first-order chi connectivity index (χ1) is 24.8. The van der Waals surface area contributed by atoms with Gasteiger partial charge >= 0.3 is 0 Å². The molecule has 6 aromatic rings. The van der Waals surface area contributed by atoms with Crippen LogP contribution in [0, 0.1) is 13.8 Å². The smallest absolute Gasteiger partial charge is 0.129 e. The van der Waals surface area contributed by atoms with E-state index in [1.807, 2.05) is 26.0 Å². The number of phenolic OH excluding ortho intramolecular Hbond substituents is 2. The summed E-state index contributed by atoms with van der Waals surface area (Å²) in [7, 11) is 0. The minimum absolute atomic E-state index is 0.129. The molecule has 0 fully saturated rings. The number of phenols is 2. The van der Waals surface area contributed by atoms with Crippen LogP contribution in [0.25, 0.3) is 66.9 Å². The number of nitrogens with one attached hydrogen (secondary N) is 2. The zero-order valence-electron chi connectivity index (χ0n) is 31.5. The van der Waals surface area contributed by atoms with E-state index in [4.69, 9.17) is 9.47 Å². The summed E-state index contributed by atoms with van der Waals surface area (Å²) in [4.78, 5) is 7.39. The Balaban J connectivity index is 1.30. The molecule has 0 amide bonds. The third-order valence-electron chi connectivity index (χ3n) is 11.0. The van der Waals surface area contributed by atoms with Gasteiger partial charge in [-0.1, -0.05) is 23.3 Å². The molecule has 2 aromatic heterocycles. The van der Waals surface area contributed by atoms with Crippen molar-refractivity contribution in [2.45, 2.75) is 92.3 Å². The van der Waals surface area contributed by atoms with E-state index in [-0.39, 0.29) is 11.5 Å². The predicted molar refractivity (Wildman–Crippen MR) is 217 cm³/mol. The number of H-pyrrole nitrogens is 2. The number of aromatic hydroxyl groups is 2. The average Bonchev–Trinajstić information content (AvgIpc) is 3.63. The van der Waals surface area contributed by atoms with Crippen molar-refractivity contribution in [1.29, 1.82) is 0 Å². The van der Waals surface area contributed by atoms with E-state index < -0.39 is 11.2 Å². The van der Waals surface area contributed by atoms with Crippen LogP contribution in [-0.4, -0.2) is 31.4 Å². The molecule has 8 rings (SSSR count). The Kier molecular flexibility index (Phi) is 7.87. The number of hydrogen-bond donors (Lipinski definition) is 4. The number of aromatic nitrogens is 2. The van der Waals surface area contributed by atoms with Gasteiger partial charge in [0.05, 0.1) is 33.2 Å². The van der Waals surface area contributed by atoms with Gasteiger partial charge in [0.2, 0.25) is 0 Å². The standard InChI is InChI=1S/C46H48N2O4/c1-25(2)11-9-19-45(7)21-17-31-35(51-45)15-13-29-33-23-27(5)43(49)37(41(33)47-39(29)31)38-42-34(24-28(6)44(38)50)30-14-16-36-32(40(30)48-42)18-22-46(8,52-36)20-10-12-26(3)4/h11-18,21-24,47-50H,9-10,19-20H2,1-8H3. The number of aryl methyl sites for hydroxylation is 2. The second kappa shape index (κ2) is 12.1. The maximum atomic E-state index is 11.9. The summed E-state index contributed by atoms with van der Waals surface area (Å²) in [5.74, 6) is 1.91. The zero-order chi connectivity index (χ0) is 36.7. The van der Waals surface area contributed by atoms with Crippen molar-refractivity contribution in [2.75, 3.05) is 0 Å². The first-order valence-corrected chi connectivity index (χ1v) is 18.4. The van der Waals surface area contributed by atoms with Gasteiger partial charge in [-0.3, -0.25) is 0 Å². The predicted octanol–water partition coefficient (Wildman–Crippen LogP) is 12.5. The topological polar surface area (TPSA) is 90.5 Å². The van der Waals surface area contributed by atoms with E-state index in [0.717, 1.165) is 103 Å². The molecule has 2 atom stereocenters. The van der Waals surface area contributed by atoms with Crippen molar-refractivity contribution in [3.05, 3.63) is 94.1 Å². The molecule has 2 aliphatic heterocycles. The molecule has 2 unspecified atom stereocenters. The molecule has 0 aliphatic carbocycles.